The number of nitrogens with zero attached hydrogens (tertiary/aromatic N) is 3. The van der Waals surface area contributed by atoms with Crippen LogP contribution in [-0.4, -0.2) is 29.2 Å². The lowest BCUT2D eigenvalue weighted by molar-refractivity contribution is 0.492. The van der Waals surface area contributed by atoms with Gasteiger partial charge in [0.15, 0.2) is 5.15 Å². The number of aromatic nitrogens is 1. The molecule has 1 heterocycles. The van der Waals surface area contributed by atoms with Gasteiger partial charge in [0, 0.05) is 25.1 Å². The fourth-order valence-corrected chi connectivity index (χ4v) is 2.71. The number of ether oxygens (including phenoxy) is 1. The van der Waals surface area contributed by atoms with Crippen molar-refractivity contribution in [2.75, 3.05) is 13.6 Å². The fourth-order valence-electron chi connectivity index (χ4n) is 1.68. The maximum Gasteiger partial charge on any atom is 0.220 e. The van der Waals surface area contributed by atoms with E-state index in [2.05, 4.69) is 16.3 Å². The first-order chi connectivity index (χ1) is 10.4. The Morgan fingerprint density at radius 1 is 1.32 bits per heavy atom. The van der Waals surface area contributed by atoms with Gasteiger partial charge in [-0.1, -0.05) is 23.2 Å². The summed E-state index contributed by atoms with van der Waals surface area (Å²) in [5.74, 6) is 0.725. The van der Waals surface area contributed by atoms with E-state index in [1.807, 2.05) is 44.3 Å². The average molecular weight is 358 g/mol. The van der Waals surface area contributed by atoms with E-state index in [4.69, 9.17) is 27.9 Å². The van der Waals surface area contributed by atoms with Crippen LogP contribution in [0.4, 0.5) is 5.69 Å². The van der Waals surface area contributed by atoms with Crippen LogP contribution in [0.1, 0.15) is 18.1 Å². The molecule has 0 amide bonds. The Labute approximate surface area is 144 Å². The van der Waals surface area contributed by atoms with Crippen molar-refractivity contribution in [3.8, 4) is 10.8 Å². The van der Waals surface area contributed by atoms with Gasteiger partial charge in [-0.05, 0) is 44.0 Å². The molecule has 0 unspecified atom stereocenters. The number of halogens is 2. The summed E-state index contributed by atoms with van der Waals surface area (Å²) in [5.41, 5.74) is 2.91. The molecule has 22 heavy (non-hydrogen) atoms. The molecular formula is C15H17Cl2N3OS. The van der Waals surface area contributed by atoms with Gasteiger partial charge in [0.1, 0.15) is 10.8 Å². The topological polar surface area (TPSA) is 37.7 Å². The van der Waals surface area contributed by atoms with Crippen molar-refractivity contribution in [1.29, 1.82) is 0 Å². The monoisotopic (exact) mass is 357 g/mol. The molecule has 0 fully saturated rings. The summed E-state index contributed by atoms with van der Waals surface area (Å²) >= 11 is 13.0. The summed E-state index contributed by atoms with van der Waals surface area (Å²) in [7, 11) is 1.98. The molecule has 0 radical (unpaired) electrons. The van der Waals surface area contributed by atoms with Crippen molar-refractivity contribution in [3.63, 3.8) is 0 Å². The van der Waals surface area contributed by atoms with E-state index in [9.17, 15) is 0 Å². The summed E-state index contributed by atoms with van der Waals surface area (Å²) in [5, 5.41) is 1.10. The van der Waals surface area contributed by atoms with Gasteiger partial charge in [0.2, 0.25) is 5.06 Å². The lowest BCUT2D eigenvalue weighted by Gasteiger charge is -2.12. The van der Waals surface area contributed by atoms with Crippen molar-refractivity contribution in [2.24, 2.45) is 4.99 Å². The molecule has 7 heteroatoms. The molecule has 0 N–H and O–H groups in total. The number of aliphatic imine (C=N–C) groups is 1. The molecule has 0 aliphatic rings. The molecule has 0 aliphatic heterocycles. The lowest BCUT2D eigenvalue weighted by Crippen LogP contribution is -2.14. The Morgan fingerprint density at radius 3 is 2.64 bits per heavy atom. The molecule has 0 atom stereocenters. The Bertz CT molecular complexity index is 700. The second-order valence-corrected chi connectivity index (χ2v) is 6.37. The van der Waals surface area contributed by atoms with Gasteiger partial charge in [0.05, 0.1) is 12.0 Å². The minimum atomic E-state index is 0.264. The van der Waals surface area contributed by atoms with E-state index in [1.54, 1.807) is 0 Å². The first kappa shape index (κ1) is 17.1. The molecule has 1 aromatic heterocycles. The third-order valence-electron chi connectivity index (χ3n) is 3.16. The third kappa shape index (κ3) is 3.91. The van der Waals surface area contributed by atoms with E-state index in [0.29, 0.717) is 10.1 Å². The van der Waals surface area contributed by atoms with Gasteiger partial charge in [-0.3, -0.25) is 0 Å². The van der Waals surface area contributed by atoms with Crippen LogP contribution >= 0.6 is 34.7 Å². The number of aryl methyl sites for hydroxylation is 2. The van der Waals surface area contributed by atoms with E-state index in [-0.39, 0.29) is 5.15 Å². The van der Waals surface area contributed by atoms with E-state index < -0.39 is 0 Å². The summed E-state index contributed by atoms with van der Waals surface area (Å²) in [6.45, 7) is 6.94. The summed E-state index contributed by atoms with van der Waals surface area (Å²) < 4.78 is 9.78. The quantitative estimate of drug-likeness (QED) is 0.525. The zero-order valence-electron chi connectivity index (χ0n) is 12.9. The van der Waals surface area contributed by atoms with Crippen LogP contribution < -0.4 is 4.74 Å². The lowest BCUT2D eigenvalue weighted by atomic mass is 10.1. The van der Waals surface area contributed by atoms with Crippen LogP contribution in [0.3, 0.4) is 0 Å². The van der Waals surface area contributed by atoms with Gasteiger partial charge in [-0.15, -0.1) is 0 Å². The Kier molecular flexibility index (Phi) is 5.67. The molecular weight excluding hydrogens is 341 g/mol. The predicted octanol–water partition coefficient (Wildman–Crippen LogP) is 5.47. The molecule has 0 spiro atoms. The van der Waals surface area contributed by atoms with Gasteiger partial charge in [-0.25, -0.2) is 4.99 Å². The first-order valence-electron chi connectivity index (χ1n) is 6.76. The van der Waals surface area contributed by atoms with Gasteiger partial charge >= 0.3 is 0 Å². The number of benzene rings is 1. The third-order valence-corrected chi connectivity index (χ3v) is 4.82. The molecule has 118 valence electrons. The number of hydrogen-bond acceptors (Lipinski definition) is 4. The minimum absolute atomic E-state index is 0.264. The second-order valence-electron chi connectivity index (χ2n) is 4.90. The highest BCUT2D eigenvalue weighted by molar-refractivity contribution is 7.09. The highest BCUT2D eigenvalue weighted by atomic mass is 35.5. The average Bonchev–Trinajstić information content (AvgIpc) is 2.80. The van der Waals surface area contributed by atoms with E-state index in [0.717, 1.165) is 40.6 Å². The zero-order chi connectivity index (χ0) is 16.3. The smallest absolute Gasteiger partial charge is 0.220 e. The van der Waals surface area contributed by atoms with Crippen LogP contribution in [0.25, 0.3) is 0 Å². The summed E-state index contributed by atoms with van der Waals surface area (Å²) in [6, 6.07) is 3.93. The molecule has 0 aliphatic carbocycles. The van der Waals surface area contributed by atoms with Gasteiger partial charge < -0.3 is 9.64 Å². The Balaban J connectivity index is 2.26. The second kappa shape index (κ2) is 7.31. The van der Waals surface area contributed by atoms with Crippen LogP contribution in [0, 0.1) is 13.8 Å². The van der Waals surface area contributed by atoms with Crippen LogP contribution in [-0.2, 0) is 0 Å². The highest BCUT2D eigenvalue weighted by Gasteiger charge is 2.14. The van der Waals surface area contributed by atoms with E-state index in [1.165, 1.54) is 0 Å². The Morgan fingerprint density at radius 2 is 2.05 bits per heavy atom. The highest BCUT2D eigenvalue weighted by Crippen LogP contribution is 2.40. The Hall–Kier alpha value is -1.30. The molecule has 4 nitrogen and oxygen atoms in total. The zero-order valence-corrected chi connectivity index (χ0v) is 15.2. The standard InChI is InChI=1S/C15H17Cl2N3OS/c1-5-20(4)8-18-11-6-10(3)12(7-9(11)2)21-15-13(16)14(17)19-22-15/h6-8H,5H2,1-4H3/b18-8-. The largest absolute Gasteiger partial charge is 0.443 e. The van der Waals surface area contributed by atoms with Gasteiger partial charge in [0.25, 0.3) is 0 Å². The number of rotatable bonds is 5. The van der Waals surface area contributed by atoms with Crippen LogP contribution in [0.2, 0.25) is 10.2 Å². The maximum absolute atomic E-state index is 6.04. The molecule has 0 saturated carbocycles. The van der Waals surface area contributed by atoms with Crippen molar-refractivity contribution >= 4 is 46.8 Å². The first-order valence-corrected chi connectivity index (χ1v) is 8.29. The van der Waals surface area contributed by atoms with Crippen molar-refractivity contribution in [3.05, 3.63) is 33.4 Å². The van der Waals surface area contributed by atoms with Crippen LogP contribution in [0.15, 0.2) is 17.1 Å². The summed E-state index contributed by atoms with van der Waals surface area (Å²) in [6.07, 6.45) is 1.82. The molecule has 0 bridgehead atoms. The molecule has 2 rings (SSSR count). The van der Waals surface area contributed by atoms with Crippen LogP contribution in [0.5, 0.6) is 10.8 Å². The van der Waals surface area contributed by atoms with Gasteiger partial charge in [-0.2, -0.15) is 4.37 Å². The van der Waals surface area contributed by atoms with Crippen molar-refractivity contribution in [2.45, 2.75) is 20.8 Å². The van der Waals surface area contributed by atoms with E-state index >= 15 is 0 Å². The maximum atomic E-state index is 6.04. The van der Waals surface area contributed by atoms with Crippen molar-refractivity contribution in [1.82, 2.24) is 9.27 Å². The minimum Gasteiger partial charge on any atom is -0.443 e. The van der Waals surface area contributed by atoms with Crippen molar-refractivity contribution < 1.29 is 4.74 Å². The summed E-state index contributed by atoms with van der Waals surface area (Å²) in [4.78, 5) is 6.51. The molecule has 2 aromatic rings. The fraction of sp³-hybridized carbons (Fsp3) is 0.333. The molecule has 0 saturated heterocycles. The SMILES string of the molecule is CCN(C)/C=N\c1cc(C)c(Oc2snc(Cl)c2Cl)cc1C. The predicted molar refractivity (Wildman–Crippen MR) is 94.6 cm³/mol. The normalized spacial score (nSPS) is 11.2. The molecule has 1 aromatic carbocycles. The number of hydrogen-bond donors (Lipinski definition) is 0.